The van der Waals surface area contributed by atoms with E-state index in [4.69, 9.17) is 16.0 Å². The molecule has 0 aliphatic carbocycles. The number of anilines is 2. The van der Waals surface area contributed by atoms with Crippen LogP contribution in [0, 0.1) is 6.92 Å². The molecule has 0 fully saturated rings. The average molecular weight is 384 g/mol. The Hall–Kier alpha value is -3.25. The second kappa shape index (κ2) is 7.97. The molecule has 0 atom stereocenters. The lowest BCUT2D eigenvalue weighted by Gasteiger charge is -2.08. The summed E-state index contributed by atoms with van der Waals surface area (Å²) in [6.45, 7) is 5.72. The van der Waals surface area contributed by atoms with E-state index in [-0.39, 0.29) is 17.7 Å². The maximum atomic E-state index is 12.6. The Labute approximate surface area is 161 Å². The van der Waals surface area contributed by atoms with Crippen molar-refractivity contribution < 1.29 is 14.0 Å². The molecule has 1 heterocycles. The van der Waals surface area contributed by atoms with Crippen LogP contribution in [0.4, 0.5) is 16.2 Å². The minimum Gasteiger partial charge on any atom is -0.449 e. The highest BCUT2D eigenvalue weighted by molar-refractivity contribution is 6.35. The van der Waals surface area contributed by atoms with Gasteiger partial charge in [-0.1, -0.05) is 29.8 Å². The molecule has 0 unspecified atom stereocenters. The third kappa shape index (κ3) is 4.12. The zero-order valence-electron chi connectivity index (χ0n) is 14.6. The van der Waals surface area contributed by atoms with Gasteiger partial charge in [0.15, 0.2) is 11.3 Å². The van der Waals surface area contributed by atoms with Gasteiger partial charge in [-0.15, -0.1) is 6.58 Å². The van der Waals surface area contributed by atoms with Crippen LogP contribution in [-0.2, 0) is 0 Å². The zero-order valence-corrected chi connectivity index (χ0v) is 15.4. The van der Waals surface area contributed by atoms with Crippen molar-refractivity contribution >= 4 is 45.9 Å². The van der Waals surface area contributed by atoms with E-state index in [1.807, 2.05) is 19.1 Å². The van der Waals surface area contributed by atoms with Gasteiger partial charge < -0.3 is 20.4 Å². The largest absolute Gasteiger partial charge is 0.449 e. The van der Waals surface area contributed by atoms with Gasteiger partial charge >= 0.3 is 6.03 Å². The Morgan fingerprint density at radius 1 is 1.11 bits per heavy atom. The summed E-state index contributed by atoms with van der Waals surface area (Å²) in [4.78, 5) is 24.2. The molecular weight excluding hydrogens is 366 g/mol. The van der Waals surface area contributed by atoms with Crippen LogP contribution < -0.4 is 16.0 Å². The minimum absolute atomic E-state index is 0.212. The molecule has 0 aliphatic rings. The molecule has 3 amide bonds. The molecule has 138 valence electrons. The number of amides is 3. The minimum atomic E-state index is -0.371. The molecule has 0 bridgehead atoms. The zero-order chi connectivity index (χ0) is 19.4. The number of furan rings is 1. The fourth-order valence-corrected chi connectivity index (χ4v) is 2.80. The topological polar surface area (TPSA) is 83.4 Å². The van der Waals surface area contributed by atoms with Crippen molar-refractivity contribution in [3.63, 3.8) is 0 Å². The van der Waals surface area contributed by atoms with E-state index in [0.29, 0.717) is 28.5 Å². The van der Waals surface area contributed by atoms with Crippen LogP contribution in [0.5, 0.6) is 0 Å². The maximum absolute atomic E-state index is 12.6. The molecule has 3 aromatic rings. The van der Waals surface area contributed by atoms with E-state index in [9.17, 15) is 9.59 Å². The number of halogens is 1. The molecular formula is C20H18ClN3O3. The normalized spacial score (nSPS) is 10.4. The summed E-state index contributed by atoms with van der Waals surface area (Å²) in [6.07, 6.45) is 1.59. The molecule has 0 saturated carbocycles. The van der Waals surface area contributed by atoms with E-state index in [1.165, 1.54) is 0 Å². The van der Waals surface area contributed by atoms with Crippen LogP contribution >= 0.6 is 11.6 Å². The van der Waals surface area contributed by atoms with Gasteiger partial charge in [0.2, 0.25) is 0 Å². The molecule has 3 rings (SSSR count). The van der Waals surface area contributed by atoms with Crippen molar-refractivity contribution in [2.75, 3.05) is 17.2 Å². The van der Waals surface area contributed by atoms with Gasteiger partial charge in [-0.3, -0.25) is 4.79 Å². The lowest BCUT2D eigenvalue weighted by molar-refractivity contribution is 0.0998. The van der Waals surface area contributed by atoms with Crippen LogP contribution in [0.15, 0.2) is 59.5 Å². The van der Waals surface area contributed by atoms with Crippen LogP contribution in [0.25, 0.3) is 11.0 Å². The SMILES string of the molecule is C=CCNC(=O)Nc1ccc(NC(=O)c2oc3c(Cl)cccc3c2C)cc1. The number of rotatable bonds is 5. The van der Waals surface area contributed by atoms with E-state index < -0.39 is 0 Å². The van der Waals surface area contributed by atoms with Crippen molar-refractivity contribution in [3.8, 4) is 0 Å². The molecule has 0 spiro atoms. The third-order valence-corrected chi connectivity index (χ3v) is 4.23. The van der Waals surface area contributed by atoms with Gasteiger partial charge in [0.05, 0.1) is 5.02 Å². The van der Waals surface area contributed by atoms with E-state index >= 15 is 0 Å². The van der Waals surface area contributed by atoms with Crippen molar-refractivity contribution in [3.05, 3.63) is 71.5 Å². The molecule has 6 nitrogen and oxygen atoms in total. The Morgan fingerprint density at radius 2 is 1.78 bits per heavy atom. The van der Waals surface area contributed by atoms with E-state index in [1.54, 1.807) is 36.4 Å². The number of carbonyl (C=O) groups excluding carboxylic acids is 2. The predicted octanol–water partition coefficient (Wildman–Crippen LogP) is 4.95. The summed E-state index contributed by atoms with van der Waals surface area (Å²) in [6, 6.07) is 11.8. The standard InChI is InChI=1S/C20H18ClN3O3/c1-3-11-22-20(26)24-14-9-7-13(8-10-14)23-19(25)17-12(2)15-5-4-6-16(21)18(15)27-17/h3-10H,1,11H2,2H3,(H,23,25)(H2,22,24,26). The highest BCUT2D eigenvalue weighted by Crippen LogP contribution is 2.31. The number of urea groups is 1. The molecule has 0 radical (unpaired) electrons. The number of fused-ring (bicyclic) bond motifs is 1. The first-order chi connectivity index (χ1) is 13.0. The Bertz CT molecular complexity index is 1010. The van der Waals surface area contributed by atoms with Crippen LogP contribution in [0.3, 0.4) is 0 Å². The summed E-state index contributed by atoms with van der Waals surface area (Å²) in [5.41, 5.74) is 2.39. The molecule has 3 N–H and O–H groups in total. The lowest BCUT2D eigenvalue weighted by Crippen LogP contribution is -2.28. The van der Waals surface area contributed by atoms with Crippen molar-refractivity contribution in [2.45, 2.75) is 6.92 Å². The summed E-state index contributed by atoms with van der Waals surface area (Å²) in [5.74, 6) is -0.159. The molecule has 27 heavy (non-hydrogen) atoms. The number of carbonyl (C=O) groups is 2. The second-order valence-electron chi connectivity index (χ2n) is 5.83. The van der Waals surface area contributed by atoms with Crippen molar-refractivity contribution in [1.82, 2.24) is 5.32 Å². The Balaban J connectivity index is 1.71. The molecule has 0 aliphatic heterocycles. The molecule has 7 heteroatoms. The van der Waals surface area contributed by atoms with Crippen LogP contribution in [-0.4, -0.2) is 18.5 Å². The maximum Gasteiger partial charge on any atom is 0.319 e. The van der Waals surface area contributed by atoms with Crippen LogP contribution in [0.2, 0.25) is 5.02 Å². The predicted molar refractivity (Wildman–Crippen MR) is 108 cm³/mol. The summed E-state index contributed by atoms with van der Waals surface area (Å²) >= 11 is 6.13. The van der Waals surface area contributed by atoms with Gasteiger partial charge in [0, 0.05) is 28.9 Å². The number of para-hydroxylation sites is 1. The van der Waals surface area contributed by atoms with Gasteiger partial charge in [-0.25, -0.2) is 4.79 Å². The highest BCUT2D eigenvalue weighted by atomic mass is 35.5. The fourth-order valence-electron chi connectivity index (χ4n) is 2.59. The Morgan fingerprint density at radius 3 is 2.41 bits per heavy atom. The monoisotopic (exact) mass is 383 g/mol. The van der Waals surface area contributed by atoms with Gasteiger partial charge in [-0.05, 0) is 37.3 Å². The quantitative estimate of drug-likeness (QED) is 0.545. The number of nitrogens with one attached hydrogen (secondary N) is 3. The first-order valence-corrected chi connectivity index (χ1v) is 8.62. The smallest absolute Gasteiger partial charge is 0.319 e. The second-order valence-corrected chi connectivity index (χ2v) is 6.24. The molecule has 2 aromatic carbocycles. The highest BCUT2D eigenvalue weighted by Gasteiger charge is 2.19. The van der Waals surface area contributed by atoms with Gasteiger partial charge in [0.25, 0.3) is 5.91 Å². The molecule has 0 saturated heterocycles. The van der Waals surface area contributed by atoms with Gasteiger partial charge in [-0.2, -0.15) is 0 Å². The average Bonchev–Trinajstić information content (AvgIpc) is 3.00. The van der Waals surface area contributed by atoms with Crippen molar-refractivity contribution in [1.29, 1.82) is 0 Å². The Kier molecular flexibility index (Phi) is 5.47. The molecule has 1 aromatic heterocycles. The lowest BCUT2D eigenvalue weighted by atomic mass is 10.1. The summed E-state index contributed by atoms with van der Waals surface area (Å²) < 4.78 is 5.66. The first-order valence-electron chi connectivity index (χ1n) is 8.24. The first kappa shape index (κ1) is 18.5. The van der Waals surface area contributed by atoms with Crippen molar-refractivity contribution in [2.24, 2.45) is 0 Å². The summed E-state index contributed by atoms with van der Waals surface area (Å²) in [7, 11) is 0. The van der Waals surface area contributed by atoms with E-state index in [2.05, 4.69) is 22.5 Å². The van der Waals surface area contributed by atoms with E-state index in [0.717, 1.165) is 10.9 Å². The third-order valence-electron chi connectivity index (χ3n) is 3.93. The summed E-state index contributed by atoms with van der Waals surface area (Å²) in [5, 5.41) is 9.33. The number of benzene rings is 2. The fraction of sp³-hybridized carbons (Fsp3) is 0.100. The number of aryl methyl sites for hydroxylation is 1. The number of hydrogen-bond acceptors (Lipinski definition) is 3. The number of hydrogen-bond donors (Lipinski definition) is 3. The van der Waals surface area contributed by atoms with Gasteiger partial charge in [0.1, 0.15) is 0 Å². The van der Waals surface area contributed by atoms with Crippen LogP contribution in [0.1, 0.15) is 16.1 Å².